The van der Waals surface area contributed by atoms with Crippen molar-refractivity contribution in [3.05, 3.63) is 58.1 Å². The second-order valence-electron chi connectivity index (χ2n) is 8.02. The van der Waals surface area contributed by atoms with E-state index in [1.807, 2.05) is 29.2 Å². The maximum atomic E-state index is 12.0. The molecule has 9 heteroatoms. The van der Waals surface area contributed by atoms with Crippen LogP contribution in [0.2, 0.25) is 10.0 Å². The predicted octanol–water partition coefficient (Wildman–Crippen LogP) is 4.21. The van der Waals surface area contributed by atoms with Crippen molar-refractivity contribution >= 4 is 33.0 Å². The zero-order chi connectivity index (χ0) is 23.1. The number of ether oxygens (including phenoxy) is 2. The first-order valence-electron chi connectivity index (χ1n) is 10.7. The van der Waals surface area contributed by atoms with E-state index in [0.29, 0.717) is 35.4 Å². The van der Waals surface area contributed by atoms with Crippen molar-refractivity contribution in [3.8, 4) is 11.5 Å². The van der Waals surface area contributed by atoms with Crippen LogP contribution < -0.4 is 9.47 Å². The standard InChI is InChI=1S/C23H29Cl2NO5S/c1-2-10-30-21-6-3-17(4-7-21)13-26(19-9-11-32(28,29)16-19)14-20(27)15-31-23-8-5-18(24)12-22(23)25/h3-8,12,19-20,27H,2,9-11,13-16H2,1H3. The minimum Gasteiger partial charge on any atom is -0.494 e. The van der Waals surface area contributed by atoms with Crippen molar-refractivity contribution in [3.63, 3.8) is 0 Å². The highest BCUT2D eigenvalue weighted by Gasteiger charge is 2.33. The van der Waals surface area contributed by atoms with Crippen LogP contribution in [0.3, 0.4) is 0 Å². The lowest BCUT2D eigenvalue weighted by Gasteiger charge is -2.30. The molecule has 1 aliphatic heterocycles. The van der Waals surface area contributed by atoms with Crippen molar-refractivity contribution in [2.45, 2.75) is 38.5 Å². The molecule has 3 rings (SSSR count). The maximum absolute atomic E-state index is 12.0. The van der Waals surface area contributed by atoms with Crippen LogP contribution in [0, 0.1) is 0 Å². The third kappa shape index (κ3) is 7.52. The Kier molecular flexibility index (Phi) is 9.08. The lowest BCUT2D eigenvalue weighted by Crippen LogP contribution is -2.42. The summed E-state index contributed by atoms with van der Waals surface area (Å²) >= 11 is 12.0. The number of halogens is 2. The summed E-state index contributed by atoms with van der Waals surface area (Å²) < 4.78 is 35.4. The second-order valence-corrected chi connectivity index (χ2v) is 11.1. The molecule has 1 aliphatic rings. The molecule has 0 aromatic heterocycles. The van der Waals surface area contributed by atoms with Gasteiger partial charge in [0.25, 0.3) is 0 Å². The Hall–Kier alpha value is -1.51. The van der Waals surface area contributed by atoms with Gasteiger partial charge in [-0.1, -0.05) is 42.3 Å². The zero-order valence-corrected chi connectivity index (χ0v) is 20.4. The topological polar surface area (TPSA) is 76.1 Å². The summed E-state index contributed by atoms with van der Waals surface area (Å²) in [7, 11) is -3.06. The smallest absolute Gasteiger partial charge is 0.151 e. The Morgan fingerprint density at radius 1 is 1.16 bits per heavy atom. The van der Waals surface area contributed by atoms with Gasteiger partial charge >= 0.3 is 0 Å². The van der Waals surface area contributed by atoms with E-state index in [0.717, 1.165) is 17.7 Å². The normalized spacial score (nSPS) is 18.6. The molecule has 0 bridgehead atoms. The largest absolute Gasteiger partial charge is 0.494 e. The molecule has 176 valence electrons. The molecule has 0 saturated carbocycles. The van der Waals surface area contributed by atoms with Gasteiger partial charge in [-0.05, 0) is 48.7 Å². The highest BCUT2D eigenvalue weighted by Crippen LogP contribution is 2.28. The summed E-state index contributed by atoms with van der Waals surface area (Å²) in [5, 5.41) is 11.5. The molecular weight excluding hydrogens is 473 g/mol. The number of hydrogen-bond acceptors (Lipinski definition) is 6. The lowest BCUT2D eigenvalue weighted by molar-refractivity contribution is 0.0525. The van der Waals surface area contributed by atoms with Crippen LogP contribution in [0.25, 0.3) is 0 Å². The molecule has 32 heavy (non-hydrogen) atoms. The average molecular weight is 502 g/mol. The summed E-state index contributed by atoms with van der Waals surface area (Å²) in [5.41, 5.74) is 1.02. The van der Waals surface area contributed by atoms with Crippen molar-refractivity contribution in [2.75, 3.05) is 31.3 Å². The van der Waals surface area contributed by atoms with Gasteiger partial charge in [0, 0.05) is 24.2 Å². The molecule has 6 nitrogen and oxygen atoms in total. The Bertz CT molecular complexity index is 984. The molecule has 1 N–H and O–H groups in total. The molecule has 0 spiro atoms. The van der Waals surface area contributed by atoms with Gasteiger partial charge in [0.1, 0.15) is 24.2 Å². The molecule has 1 heterocycles. The van der Waals surface area contributed by atoms with Crippen LogP contribution in [0.1, 0.15) is 25.3 Å². The highest BCUT2D eigenvalue weighted by molar-refractivity contribution is 7.91. The van der Waals surface area contributed by atoms with E-state index in [-0.39, 0.29) is 30.7 Å². The van der Waals surface area contributed by atoms with Gasteiger partial charge in [-0.3, -0.25) is 4.90 Å². The van der Waals surface area contributed by atoms with Crippen LogP contribution in [0.5, 0.6) is 11.5 Å². The molecule has 2 aromatic carbocycles. The van der Waals surface area contributed by atoms with E-state index in [1.54, 1.807) is 18.2 Å². The molecule has 2 atom stereocenters. The van der Waals surface area contributed by atoms with Gasteiger partial charge < -0.3 is 14.6 Å². The molecule has 2 unspecified atom stereocenters. The SMILES string of the molecule is CCCOc1ccc(CN(CC(O)COc2ccc(Cl)cc2Cl)C2CCS(=O)(=O)C2)cc1. The monoisotopic (exact) mass is 501 g/mol. The van der Waals surface area contributed by atoms with Gasteiger partial charge in [-0.15, -0.1) is 0 Å². The van der Waals surface area contributed by atoms with E-state index < -0.39 is 15.9 Å². The lowest BCUT2D eigenvalue weighted by atomic mass is 10.1. The van der Waals surface area contributed by atoms with Crippen LogP contribution >= 0.6 is 23.2 Å². The average Bonchev–Trinajstić information content (AvgIpc) is 3.12. The molecule has 0 radical (unpaired) electrons. The summed E-state index contributed by atoms with van der Waals surface area (Å²) in [6, 6.07) is 12.5. The number of benzene rings is 2. The number of sulfone groups is 1. The van der Waals surface area contributed by atoms with Crippen molar-refractivity contribution in [1.82, 2.24) is 4.90 Å². The number of rotatable bonds is 11. The molecule has 2 aromatic rings. The van der Waals surface area contributed by atoms with E-state index in [1.165, 1.54) is 0 Å². The van der Waals surface area contributed by atoms with E-state index in [4.69, 9.17) is 32.7 Å². The Labute approximate surface area is 200 Å². The highest BCUT2D eigenvalue weighted by atomic mass is 35.5. The van der Waals surface area contributed by atoms with Crippen LogP contribution in [0.4, 0.5) is 0 Å². The fraction of sp³-hybridized carbons (Fsp3) is 0.478. The van der Waals surface area contributed by atoms with Gasteiger partial charge in [-0.2, -0.15) is 0 Å². The minimum atomic E-state index is -3.06. The van der Waals surface area contributed by atoms with Crippen LogP contribution in [-0.4, -0.2) is 61.8 Å². The Balaban J connectivity index is 1.64. The van der Waals surface area contributed by atoms with E-state index in [2.05, 4.69) is 6.92 Å². The number of nitrogens with zero attached hydrogens (tertiary/aromatic N) is 1. The predicted molar refractivity (Wildman–Crippen MR) is 128 cm³/mol. The fourth-order valence-corrected chi connectivity index (χ4v) is 5.88. The first-order valence-corrected chi connectivity index (χ1v) is 13.3. The van der Waals surface area contributed by atoms with Crippen LogP contribution in [0.15, 0.2) is 42.5 Å². The van der Waals surface area contributed by atoms with E-state index in [9.17, 15) is 13.5 Å². The Morgan fingerprint density at radius 2 is 1.91 bits per heavy atom. The van der Waals surface area contributed by atoms with Crippen molar-refractivity contribution in [2.24, 2.45) is 0 Å². The van der Waals surface area contributed by atoms with Gasteiger partial charge in [0.15, 0.2) is 9.84 Å². The molecule has 1 saturated heterocycles. The molecule has 0 aliphatic carbocycles. The van der Waals surface area contributed by atoms with Crippen LogP contribution in [-0.2, 0) is 16.4 Å². The number of aliphatic hydroxyl groups excluding tert-OH is 1. The third-order valence-corrected chi connectivity index (χ3v) is 7.56. The summed E-state index contributed by atoms with van der Waals surface area (Å²) in [6.45, 7) is 3.54. The molecule has 1 fully saturated rings. The first-order chi connectivity index (χ1) is 15.3. The second kappa shape index (κ2) is 11.6. The van der Waals surface area contributed by atoms with E-state index >= 15 is 0 Å². The van der Waals surface area contributed by atoms with Crippen molar-refractivity contribution < 1.29 is 23.0 Å². The minimum absolute atomic E-state index is 0.0289. The van der Waals surface area contributed by atoms with Gasteiger partial charge in [0.2, 0.25) is 0 Å². The van der Waals surface area contributed by atoms with Gasteiger partial charge in [0.05, 0.1) is 23.1 Å². The molecular formula is C23H29Cl2NO5S. The summed E-state index contributed by atoms with van der Waals surface area (Å²) in [4.78, 5) is 2.02. The fourth-order valence-electron chi connectivity index (χ4n) is 3.65. The Morgan fingerprint density at radius 3 is 2.53 bits per heavy atom. The summed E-state index contributed by atoms with van der Waals surface area (Å²) in [5.74, 6) is 1.51. The molecule has 0 amide bonds. The number of aliphatic hydroxyl groups is 1. The quantitative estimate of drug-likeness (QED) is 0.496. The summed E-state index contributed by atoms with van der Waals surface area (Å²) in [6.07, 6.45) is 0.668. The third-order valence-electron chi connectivity index (χ3n) is 5.28. The van der Waals surface area contributed by atoms with Gasteiger partial charge in [-0.25, -0.2) is 8.42 Å². The maximum Gasteiger partial charge on any atom is 0.151 e. The zero-order valence-electron chi connectivity index (χ0n) is 18.0. The first kappa shape index (κ1) is 25.1. The van der Waals surface area contributed by atoms with Crippen molar-refractivity contribution in [1.29, 1.82) is 0 Å². The number of hydrogen-bond donors (Lipinski definition) is 1.